The van der Waals surface area contributed by atoms with Crippen LogP contribution in [0, 0.1) is 0 Å². The lowest BCUT2D eigenvalue weighted by Gasteiger charge is -2.25. The van der Waals surface area contributed by atoms with Gasteiger partial charge in [-0.15, -0.1) is 0 Å². The summed E-state index contributed by atoms with van der Waals surface area (Å²) < 4.78 is 10.9. The number of rotatable bonds is 5. The molecular weight excluding hydrogens is 328 g/mol. The molecule has 0 saturated heterocycles. The number of esters is 2. The van der Waals surface area contributed by atoms with Gasteiger partial charge >= 0.3 is 11.9 Å². The number of benzene rings is 2. The van der Waals surface area contributed by atoms with Gasteiger partial charge in [0.25, 0.3) is 0 Å². The molecule has 26 heavy (non-hydrogen) atoms. The molecule has 0 unspecified atom stereocenters. The Kier molecular flexibility index (Phi) is 6.19. The third-order valence-electron chi connectivity index (χ3n) is 3.93. The smallest absolute Gasteiger partial charge is 0.308 e. The summed E-state index contributed by atoms with van der Waals surface area (Å²) in [5.41, 5.74) is 2.53. The van der Waals surface area contributed by atoms with Crippen molar-refractivity contribution in [1.29, 1.82) is 0 Å². The fourth-order valence-corrected chi connectivity index (χ4v) is 2.93. The maximum atomic E-state index is 11.6. The quantitative estimate of drug-likeness (QED) is 0.581. The minimum absolute atomic E-state index is 0.354. The summed E-state index contributed by atoms with van der Waals surface area (Å²) in [7, 11) is 0. The Labute approximate surface area is 155 Å². The highest BCUT2D eigenvalue weighted by Crippen LogP contribution is 2.40. The van der Waals surface area contributed by atoms with Crippen molar-refractivity contribution in [3.05, 3.63) is 59.2 Å². The number of carbonyl (C=O) groups is 2. The van der Waals surface area contributed by atoms with Gasteiger partial charge in [-0.2, -0.15) is 0 Å². The number of hydrogen-bond acceptors (Lipinski definition) is 4. The van der Waals surface area contributed by atoms with Gasteiger partial charge in [-0.1, -0.05) is 51.1 Å². The van der Waals surface area contributed by atoms with E-state index in [9.17, 15) is 9.59 Å². The van der Waals surface area contributed by atoms with Gasteiger partial charge in [0.1, 0.15) is 11.5 Å². The zero-order valence-corrected chi connectivity index (χ0v) is 16.1. The summed E-state index contributed by atoms with van der Waals surface area (Å²) in [5, 5.41) is 0. The van der Waals surface area contributed by atoms with Crippen LogP contribution in [0.5, 0.6) is 11.5 Å². The van der Waals surface area contributed by atoms with Crippen LogP contribution in [0.2, 0.25) is 0 Å². The minimum Gasteiger partial charge on any atom is -0.426 e. The van der Waals surface area contributed by atoms with E-state index in [0.717, 1.165) is 18.4 Å². The third-order valence-corrected chi connectivity index (χ3v) is 3.93. The number of hydrogen-bond donors (Lipinski definition) is 0. The van der Waals surface area contributed by atoms with Gasteiger partial charge in [-0.3, -0.25) is 9.59 Å². The topological polar surface area (TPSA) is 52.6 Å². The lowest BCUT2D eigenvalue weighted by atomic mass is 9.84. The highest BCUT2D eigenvalue weighted by atomic mass is 16.5. The van der Waals surface area contributed by atoms with Gasteiger partial charge < -0.3 is 9.47 Å². The van der Waals surface area contributed by atoms with Crippen LogP contribution >= 0.6 is 0 Å². The van der Waals surface area contributed by atoms with Crippen molar-refractivity contribution >= 4 is 11.9 Å². The van der Waals surface area contributed by atoms with E-state index in [1.165, 1.54) is 19.4 Å². The minimum atomic E-state index is -0.399. The van der Waals surface area contributed by atoms with Crippen molar-refractivity contribution in [2.24, 2.45) is 0 Å². The van der Waals surface area contributed by atoms with Crippen molar-refractivity contribution < 1.29 is 19.1 Å². The van der Waals surface area contributed by atoms with Crippen LogP contribution in [0.3, 0.4) is 0 Å². The fourth-order valence-electron chi connectivity index (χ4n) is 2.93. The molecule has 0 aliphatic heterocycles. The van der Waals surface area contributed by atoms with Crippen molar-refractivity contribution in [1.82, 2.24) is 0 Å². The van der Waals surface area contributed by atoms with E-state index < -0.39 is 11.9 Å². The largest absolute Gasteiger partial charge is 0.426 e. The third kappa shape index (κ3) is 5.45. The SMILES string of the molecule is CC(=O)Oc1cc(CCc2ccccc2)cc(OC(C)=O)c1C(C)(C)C. The molecular formula is C22H26O4. The Morgan fingerprint density at radius 1 is 0.808 bits per heavy atom. The van der Waals surface area contributed by atoms with E-state index in [-0.39, 0.29) is 5.41 Å². The molecule has 0 aliphatic rings. The molecule has 4 heteroatoms. The van der Waals surface area contributed by atoms with Crippen molar-refractivity contribution in [3.8, 4) is 11.5 Å². The molecule has 2 aromatic rings. The molecule has 0 radical (unpaired) electrons. The first kappa shape index (κ1) is 19.7. The lowest BCUT2D eigenvalue weighted by Crippen LogP contribution is -2.18. The van der Waals surface area contributed by atoms with Gasteiger partial charge in [0.2, 0.25) is 0 Å². The van der Waals surface area contributed by atoms with Crippen LogP contribution in [-0.4, -0.2) is 11.9 Å². The summed E-state index contributed by atoms with van der Waals surface area (Å²) in [6.45, 7) is 8.72. The Morgan fingerprint density at radius 2 is 1.27 bits per heavy atom. The van der Waals surface area contributed by atoms with Gasteiger partial charge in [0.05, 0.1) is 0 Å². The van der Waals surface area contributed by atoms with Crippen LogP contribution in [-0.2, 0) is 27.8 Å². The highest BCUT2D eigenvalue weighted by molar-refractivity contribution is 5.73. The molecule has 0 fully saturated rings. The van der Waals surface area contributed by atoms with E-state index in [0.29, 0.717) is 17.1 Å². The molecule has 0 aliphatic carbocycles. The lowest BCUT2D eigenvalue weighted by molar-refractivity contribution is -0.132. The van der Waals surface area contributed by atoms with Crippen LogP contribution in [0.1, 0.15) is 51.3 Å². The zero-order valence-electron chi connectivity index (χ0n) is 16.1. The monoisotopic (exact) mass is 354 g/mol. The van der Waals surface area contributed by atoms with Crippen molar-refractivity contribution in [3.63, 3.8) is 0 Å². The first-order valence-corrected chi connectivity index (χ1v) is 8.75. The van der Waals surface area contributed by atoms with Crippen LogP contribution < -0.4 is 9.47 Å². The summed E-state index contributed by atoms with van der Waals surface area (Å²) in [6.07, 6.45) is 1.59. The molecule has 0 spiro atoms. The number of carbonyl (C=O) groups excluding carboxylic acids is 2. The maximum Gasteiger partial charge on any atom is 0.308 e. The van der Waals surface area contributed by atoms with Crippen molar-refractivity contribution in [2.75, 3.05) is 0 Å². The molecule has 2 rings (SSSR count). The van der Waals surface area contributed by atoms with Gasteiger partial charge in [-0.25, -0.2) is 0 Å². The summed E-state index contributed by atoms with van der Waals surface area (Å²) in [4.78, 5) is 23.2. The number of ether oxygens (including phenoxy) is 2. The Morgan fingerprint density at radius 3 is 1.69 bits per heavy atom. The molecule has 0 heterocycles. The summed E-state index contributed by atoms with van der Waals surface area (Å²) in [6, 6.07) is 13.9. The molecule has 4 nitrogen and oxygen atoms in total. The van der Waals surface area contributed by atoms with E-state index in [1.54, 1.807) is 0 Å². The predicted octanol–water partition coefficient (Wildman–Crippen LogP) is 4.62. The molecule has 0 bridgehead atoms. The number of aryl methyl sites for hydroxylation is 2. The second-order valence-corrected chi connectivity index (χ2v) is 7.39. The van der Waals surface area contributed by atoms with E-state index in [2.05, 4.69) is 12.1 Å². The van der Waals surface area contributed by atoms with E-state index in [1.807, 2.05) is 51.1 Å². The van der Waals surface area contributed by atoms with Gasteiger partial charge in [0.15, 0.2) is 0 Å². The normalized spacial score (nSPS) is 11.1. The molecule has 0 N–H and O–H groups in total. The van der Waals surface area contributed by atoms with Crippen LogP contribution in [0.25, 0.3) is 0 Å². The molecule has 0 amide bonds. The highest BCUT2D eigenvalue weighted by Gasteiger charge is 2.26. The maximum absolute atomic E-state index is 11.6. The first-order valence-electron chi connectivity index (χ1n) is 8.75. The average molecular weight is 354 g/mol. The standard InChI is InChI=1S/C22H26O4/c1-15(23)25-19-13-18(12-11-17-9-7-6-8-10-17)14-20(26-16(2)24)21(19)22(3,4)5/h6-10,13-14H,11-12H2,1-5H3. The first-order chi connectivity index (χ1) is 12.2. The molecule has 138 valence electrons. The summed E-state index contributed by atoms with van der Waals surface area (Å²) >= 11 is 0. The Bertz CT molecular complexity index is 749. The van der Waals surface area contributed by atoms with Gasteiger partial charge in [0, 0.05) is 19.4 Å². The Hall–Kier alpha value is -2.62. The van der Waals surface area contributed by atoms with Crippen molar-refractivity contribution in [2.45, 2.75) is 52.9 Å². The second kappa shape index (κ2) is 8.17. The Balaban J connectivity index is 2.45. The predicted molar refractivity (Wildman–Crippen MR) is 102 cm³/mol. The van der Waals surface area contributed by atoms with Gasteiger partial charge in [-0.05, 0) is 41.5 Å². The van der Waals surface area contributed by atoms with E-state index >= 15 is 0 Å². The summed E-state index contributed by atoms with van der Waals surface area (Å²) in [5.74, 6) is 0.104. The molecule has 0 aromatic heterocycles. The second-order valence-electron chi connectivity index (χ2n) is 7.39. The van der Waals surface area contributed by atoms with E-state index in [4.69, 9.17) is 9.47 Å². The fraction of sp³-hybridized carbons (Fsp3) is 0.364. The molecule has 0 saturated carbocycles. The molecule has 0 atom stereocenters. The average Bonchev–Trinajstić information content (AvgIpc) is 2.51. The van der Waals surface area contributed by atoms with Crippen LogP contribution in [0.15, 0.2) is 42.5 Å². The molecule has 2 aromatic carbocycles. The zero-order chi connectivity index (χ0) is 19.3. The van der Waals surface area contributed by atoms with Crippen LogP contribution in [0.4, 0.5) is 0 Å².